The summed E-state index contributed by atoms with van der Waals surface area (Å²) >= 11 is 0. The maximum Gasteiger partial charge on any atom is 0.272 e. The predicted molar refractivity (Wildman–Crippen MR) is 122 cm³/mol. The van der Waals surface area contributed by atoms with E-state index in [-0.39, 0.29) is 30.0 Å². The molecule has 9 nitrogen and oxygen atoms in total. The summed E-state index contributed by atoms with van der Waals surface area (Å²) in [5.74, 6) is 1.14. The van der Waals surface area contributed by atoms with Gasteiger partial charge in [0.2, 0.25) is 5.91 Å². The van der Waals surface area contributed by atoms with Gasteiger partial charge in [0.15, 0.2) is 0 Å². The summed E-state index contributed by atoms with van der Waals surface area (Å²) < 4.78 is 25.8. The van der Waals surface area contributed by atoms with Crippen LogP contribution < -0.4 is 14.8 Å². The normalized spacial score (nSPS) is 14.9. The van der Waals surface area contributed by atoms with E-state index < -0.39 is 0 Å². The molecule has 1 amide bonds. The molecule has 0 fully saturated rings. The lowest BCUT2D eigenvalue weighted by Crippen LogP contribution is -2.25. The number of carbonyl (C=O) groups is 1. The van der Waals surface area contributed by atoms with Gasteiger partial charge >= 0.3 is 0 Å². The zero-order chi connectivity index (χ0) is 23.8. The number of ether oxygens (including phenoxy) is 2. The Balaban J connectivity index is 1.63. The molecule has 2 aromatic carbocycles. The standard InChI is InChI=1S/C24H21FN6O3/c1-13-22-18(17-10-16(33-2)8-9-20(17)34-3)11-21(32)28-23(22)31(30-13)24-27-19(12-26-29-24)14-4-6-15(25)7-5-14/h4-10,12,18H,11H2,1-3H3,(H,28,32). The minimum atomic E-state index is -0.343. The van der Waals surface area contributed by atoms with Crippen LogP contribution in [0.4, 0.5) is 10.2 Å². The molecule has 4 aromatic rings. The maximum absolute atomic E-state index is 13.3. The number of hydrogen-bond acceptors (Lipinski definition) is 7. The molecule has 1 unspecified atom stereocenters. The SMILES string of the molecule is COc1ccc(OC)c(C2CC(=O)Nc3c2c(C)nn3-c2nncc(-c3ccc(F)cc3)n2)c1. The molecule has 172 valence electrons. The van der Waals surface area contributed by atoms with Crippen LogP contribution in [-0.4, -0.2) is 45.1 Å². The molecule has 0 bridgehead atoms. The van der Waals surface area contributed by atoms with Crippen LogP contribution in [0, 0.1) is 12.7 Å². The van der Waals surface area contributed by atoms with Crippen molar-refractivity contribution in [2.24, 2.45) is 0 Å². The Hall–Kier alpha value is -4.34. The highest BCUT2D eigenvalue weighted by Gasteiger charge is 2.35. The fourth-order valence-corrected chi connectivity index (χ4v) is 4.21. The molecule has 1 N–H and O–H groups in total. The van der Waals surface area contributed by atoms with E-state index in [2.05, 4.69) is 25.6 Å². The number of nitrogens with one attached hydrogen (secondary N) is 1. The first kappa shape index (κ1) is 21.5. The van der Waals surface area contributed by atoms with Crippen molar-refractivity contribution in [1.29, 1.82) is 0 Å². The number of anilines is 1. The van der Waals surface area contributed by atoms with Gasteiger partial charge in [0.05, 0.1) is 31.8 Å². The first-order chi connectivity index (χ1) is 16.5. The van der Waals surface area contributed by atoms with Gasteiger partial charge in [-0.2, -0.15) is 14.9 Å². The average Bonchev–Trinajstić information content (AvgIpc) is 3.19. The highest BCUT2D eigenvalue weighted by Crippen LogP contribution is 2.44. The van der Waals surface area contributed by atoms with E-state index in [4.69, 9.17) is 9.47 Å². The van der Waals surface area contributed by atoms with Crippen molar-refractivity contribution in [3.05, 3.63) is 71.3 Å². The van der Waals surface area contributed by atoms with E-state index in [9.17, 15) is 9.18 Å². The van der Waals surface area contributed by atoms with E-state index in [1.807, 2.05) is 25.1 Å². The Kier molecular flexibility index (Phi) is 5.40. The molecular weight excluding hydrogens is 439 g/mol. The minimum absolute atomic E-state index is 0.175. The van der Waals surface area contributed by atoms with Crippen molar-refractivity contribution < 1.29 is 18.7 Å². The van der Waals surface area contributed by atoms with Crippen molar-refractivity contribution in [3.63, 3.8) is 0 Å². The fraction of sp³-hybridized carbons (Fsp3) is 0.208. The first-order valence-electron chi connectivity index (χ1n) is 10.6. The largest absolute Gasteiger partial charge is 0.497 e. The molecule has 0 saturated carbocycles. The lowest BCUT2D eigenvalue weighted by atomic mass is 9.85. The van der Waals surface area contributed by atoms with Gasteiger partial charge in [-0.1, -0.05) is 0 Å². The topological polar surface area (TPSA) is 104 Å². The van der Waals surface area contributed by atoms with E-state index >= 15 is 0 Å². The van der Waals surface area contributed by atoms with Crippen molar-refractivity contribution in [2.45, 2.75) is 19.3 Å². The van der Waals surface area contributed by atoms with Crippen LogP contribution in [0.5, 0.6) is 11.5 Å². The van der Waals surface area contributed by atoms with Crippen LogP contribution >= 0.6 is 0 Å². The molecule has 0 aliphatic carbocycles. The van der Waals surface area contributed by atoms with E-state index in [1.165, 1.54) is 23.0 Å². The van der Waals surface area contributed by atoms with E-state index in [1.54, 1.807) is 26.4 Å². The zero-order valence-electron chi connectivity index (χ0n) is 18.7. The number of fused-ring (bicyclic) bond motifs is 1. The Morgan fingerprint density at radius 3 is 2.65 bits per heavy atom. The summed E-state index contributed by atoms with van der Waals surface area (Å²) in [6, 6.07) is 11.4. The van der Waals surface area contributed by atoms with Crippen LogP contribution in [0.3, 0.4) is 0 Å². The predicted octanol–water partition coefficient (Wildman–Crippen LogP) is 3.66. The summed E-state index contributed by atoms with van der Waals surface area (Å²) in [6.07, 6.45) is 1.71. The van der Waals surface area contributed by atoms with Crippen LogP contribution in [0.25, 0.3) is 17.2 Å². The summed E-state index contributed by atoms with van der Waals surface area (Å²) in [4.78, 5) is 17.3. The van der Waals surface area contributed by atoms with E-state index in [0.29, 0.717) is 34.3 Å². The second kappa shape index (κ2) is 8.54. The molecule has 0 radical (unpaired) electrons. The van der Waals surface area contributed by atoms with Gasteiger partial charge in [-0.3, -0.25) is 4.79 Å². The third-order valence-electron chi connectivity index (χ3n) is 5.79. The second-order valence-electron chi connectivity index (χ2n) is 7.82. The van der Waals surface area contributed by atoms with Gasteiger partial charge in [-0.25, -0.2) is 9.37 Å². The van der Waals surface area contributed by atoms with Gasteiger partial charge in [0.25, 0.3) is 5.95 Å². The number of nitrogens with zero attached hydrogens (tertiary/aromatic N) is 5. The number of rotatable bonds is 5. The number of carbonyl (C=O) groups excluding carboxylic acids is 1. The number of amides is 1. The molecule has 10 heteroatoms. The molecule has 0 spiro atoms. The van der Waals surface area contributed by atoms with Crippen LogP contribution in [-0.2, 0) is 4.79 Å². The third kappa shape index (κ3) is 3.72. The third-order valence-corrected chi connectivity index (χ3v) is 5.79. The maximum atomic E-state index is 13.3. The van der Waals surface area contributed by atoms with Gasteiger partial charge in [-0.15, -0.1) is 5.10 Å². The summed E-state index contributed by atoms with van der Waals surface area (Å²) in [5, 5.41) is 15.7. The Morgan fingerprint density at radius 1 is 1.12 bits per heavy atom. The smallest absolute Gasteiger partial charge is 0.272 e. The Morgan fingerprint density at radius 2 is 1.91 bits per heavy atom. The second-order valence-corrected chi connectivity index (χ2v) is 7.82. The highest BCUT2D eigenvalue weighted by atomic mass is 19.1. The molecule has 3 heterocycles. The molecule has 2 aromatic heterocycles. The average molecular weight is 460 g/mol. The molecule has 1 aliphatic rings. The minimum Gasteiger partial charge on any atom is -0.497 e. The quantitative estimate of drug-likeness (QED) is 0.485. The van der Waals surface area contributed by atoms with Crippen LogP contribution in [0.1, 0.15) is 29.2 Å². The molecule has 1 aliphatic heterocycles. The van der Waals surface area contributed by atoms with E-state index in [0.717, 1.165) is 11.1 Å². The first-order valence-corrected chi connectivity index (χ1v) is 10.6. The number of aryl methyl sites for hydroxylation is 1. The molecule has 0 saturated heterocycles. The van der Waals surface area contributed by atoms with Gasteiger partial charge in [0.1, 0.15) is 23.1 Å². The molecule has 34 heavy (non-hydrogen) atoms. The van der Waals surface area contributed by atoms with Gasteiger partial charge < -0.3 is 14.8 Å². The van der Waals surface area contributed by atoms with Crippen LogP contribution in [0.15, 0.2) is 48.7 Å². The monoisotopic (exact) mass is 460 g/mol. The lowest BCUT2D eigenvalue weighted by molar-refractivity contribution is -0.116. The van der Waals surface area contributed by atoms with Crippen molar-refractivity contribution >= 4 is 11.7 Å². The van der Waals surface area contributed by atoms with Crippen molar-refractivity contribution in [1.82, 2.24) is 25.0 Å². The molecule has 5 rings (SSSR count). The molecule has 1 atom stereocenters. The van der Waals surface area contributed by atoms with Crippen LogP contribution in [0.2, 0.25) is 0 Å². The number of methoxy groups -OCH3 is 2. The Bertz CT molecular complexity index is 1390. The summed E-state index contributed by atoms with van der Waals surface area (Å²) in [5.41, 5.74) is 3.54. The number of hydrogen-bond donors (Lipinski definition) is 1. The fourth-order valence-electron chi connectivity index (χ4n) is 4.21. The summed E-state index contributed by atoms with van der Waals surface area (Å²) in [6.45, 7) is 1.86. The van der Waals surface area contributed by atoms with Crippen molar-refractivity contribution in [2.75, 3.05) is 19.5 Å². The lowest BCUT2D eigenvalue weighted by Gasteiger charge is -2.25. The zero-order valence-corrected chi connectivity index (χ0v) is 18.7. The number of benzene rings is 2. The van der Waals surface area contributed by atoms with Crippen molar-refractivity contribution in [3.8, 4) is 28.7 Å². The number of aromatic nitrogens is 5. The Labute approximate surface area is 194 Å². The summed E-state index contributed by atoms with van der Waals surface area (Å²) in [7, 11) is 3.18. The number of halogens is 1. The van der Waals surface area contributed by atoms with Gasteiger partial charge in [0, 0.05) is 29.0 Å². The molecular formula is C24H21FN6O3. The van der Waals surface area contributed by atoms with Gasteiger partial charge in [-0.05, 0) is 49.4 Å². The highest BCUT2D eigenvalue weighted by molar-refractivity contribution is 5.95.